The molecule has 0 radical (unpaired) electrons. The third-order valence-corrected chi connectivity index (χ3v) is 5.95. The van der Waals surface area contributed by atoms with Crippen molar-refractivity contribution < 1.29 is 5.11 Å². The van der Waals surface area contributed by atoms with Crippen LogP contribution in [0.1, 0.15) is 49.2 Å². The fourth-order valence-electron chi connectivity index (χ4n) is 4.69. The number of anilines is 1. The molecule has 5 heterocycles. The minimum absolute atomic E-state index is 0.0796. The Morgan fingerprint density at radius 3 is 2.79 bits per heavy atom. The Morgan fingerprint density at radius 2 is 2.00 bits per heavy atom. The first-order chi connectivity index (χ1) is 13.7. The molecule has 0 unspecified atom stereocenters. The number of aromatic nitrogens is 4. The summed E-state index contributed by atoms with van der Waals surface area (Å²) in [6.07, 6.45) is 6.75. The van der Waals surface area contributed by atoms with E-state index in [1.54, 1.807) is 0 Å². The Morgan fingerprint density at radius 1 is 1.14 bits per heavy atom. The van der Waals surface area contributed by atoms with E-state index in [2.05, 4.69) is 39.1 Å². The van der Waals surface area contributed by atoms with E-state index in [1.165, 1.54) is 31.5 Å². The first-order valence-electron chi connectivity index (χ1n) is 10.1. The number of hydrogen-bond acceptors (Lipinski definition) is 5. The predicted molar refractivity (Wildman–Crippen MR) is 109 cm³/mol. The van der Waals surface area contributed by atoms with Gasteiger partial charge in [-0.25, -0.2) is 9.97 Å². The van der Waals surface area contributed by atoms with E-state index in [0.29, 0.717) is 18.5 Å². The lowest BCUT2D eigenvalue weighted by Crippen LogP contribution is -2.28. The third kappa shape index (κ3) is 2.88. The molecule has 0 spiro atoms. The molecule has 2 bridgehead atoms. The highest BCUT2D eigenvalue weighted by molar-refractivity contribution is 5.79. The van der Waals surface area contributed by atoms with E-state index >= 15 is 0 Å². The Hall–Kier alpha value is -2.73. The van der Waals surface area contributed by atoms with Crippen LogP contribution >= 0.6 is 0 Å². The molecule has 1 fully saturated rings. The lowest BCUT2D eigenvalue weighted by atomic mass is 9.81. The van der Waals surface area contributed by atoms with Gasteiger partial charge in [-0.15, -0.1) is 0 Å². The smallest absolute Gasteiger partial charge is 0.126 e. The average molecular weight is 375 g/mol. The Bertz CT molecular complexity index is 1000. The van der Waals surface area contributed by atoms with Crippen molar-refractivity contribution >= 4 is 5.82 Å². The standard InChI is InChI=1S/C22H25N5O/c1-14-3-2-4-18(25-14)20-21(16-9-10-23-19(13-16)24-11-12-28)27-17-7-5-15(6-8-17)22(27)26-20/h2-4,9-10,13,15,17,28H,5-8,11-12H2,1H3,(H,23,24). The van der Waals surface area contributed by atoms with Crippen molar-refractivity contribution in [3.05, 3.63) is 48.0 Å². The van der Waals surface area contributed by atoms with Gasteiger partial charge in [0.05, 0.1) is 18.0 Å². The van der Waals surface area contributed by atoms with Crippen LogP contribution in [0.4, 0.5) is 5.82 Å². The number of aliphatic hydroxyl groups is 1. The minimum atomic E-state index is 0.0796. The molecular formula is C22H25N5O. The summed E-state index contributed by atoms with van der Waals surface area (Å²) in [6.45, 7) is 2.58. The van der Waals surface area contributed by atoms with Crippen molar-refractivity contribution in [3.63, 3.8) is 0 Å². The van der Waals surface area contributed by atoms with Crippen LogP contribution in [0.3, 0.4) is 0 Å². The highest BCUT2D eigenvalue weighted by Gasteiger charge is 2.37. The highest BCUT2D eigenvalue weighted by atomic mass is 16.3. The SMILES string of the molecule is Cc1cccc(-c2nc3n(c2-c2ccnc(NCCO)c2)C2CCC3CC2)n1. The van der Waals surface area contributed by atoms with Crippen molar-refractivity contribution in [2.75, 3.05) is 18.5 Å². The summed E-state index contributed by atoms with van der Waals surface area (Å²) < 4.78 is 2.47. The van der Waals surface area contributed by atoms with Gasteiger partial charge < -0.3 is 15.0 Å². The molecule has 2 aliphatic heterocycles. The number of aryl methyl sites for hydroxylation is 1. The van der Waals surface area contributed by atoms with Crippen LogP contribution in [0.25, 0.3) is 22.6 Å². The lowest BCUT2D eigenvalue weighted by molar-refractivity contribution is 0.256. The summed E-state index contributed by atoms with van der Waals surface area (Å²) in [6, 6.07) is 10.8. The predicted octanol–water partition coefficient (Wildman–Crippen LogP) is 3.93. The maximum atomic E-state index is 9.12. The number of imidazole rings is 1. The van der Waals surface area contributed by atoms with Gasteiger partial charge in [0.25, 0.3) is 0 Å². The zero-order valence-corrected chi connectivity index (χ0v) is 16.1. The van der Waals surface area contributed by atoms with Gasteiger partial charge in [-0.1, -0.05) is 6.07 Å². The summed E-state index contributed by atoms with van der Waals surface area (Å²) in [4.78, 5) is 14.3. The molecule has 144 valence electrons. The quantitative estimate of drug-likeness (QED) is 0.707. The number of rotatable bonds is 5. The van der Waals surface area contributed by atoms with E-state index in [-0.39, 0.29) is 6.61 Å². The average Bonchev–Trinajstić information content (AvgIpc) is 3.16. The summed E-state index contributed by atoms with van der Waals surface area (Å²) in [5.41, 5.74) is 5.14. The number of hydrogen-bond donors (Lipinski definition) is 2. The van der Waals surface area contributed by atoms with E-state index in [4.69, 9.17) is 15.1 Å². The molecule has 1 saturated carbocycles. The molecule has 0 saturated heterocycles. The summed E-state index contributed by atoms with van der Waals surface area (Å²) in [5.74, 6) is 2.54. The van der Waals surface area contributed by atoms with Crippen molar-refractivity contribution in [3.8, 4) is 22.6 Å². The molecule has 3 aliphatic rings. The van der Waals surface area contributed by atoms with Crippen LogP contribution in [0.2, 0.25) is 0 Å². The molecule has 2 N–H and O–H groups in total. The molecule has 1 aliphatic carbocycles. The molecule has 3 aromatic heterocycles. The van der Waals surface area contributed by atoms with Crippen molar-refractivity contribution in [2.45, 2.75) is 44.6 Å². The second kappa shape index (κ2) is 7.02. The molecule has 6 heteroatoms. The minimum Gasteiger partial charge on any atom is -0.395 e. The van der Waals surface area contributed by atoms with Crippen LogP contribution in [0.5, 0.6) is 0 Å². The fraction of sp³-hybridized carbons (Fsp3) is 0.409. The Kier molecular flexibility index (Phi) is 4.36. The molecule has 0 atom stereocenters. The van der Waals surface area contributed by atoms with Gasteiger partial charge in [0.2, 0.25) is 0 Å². The first-order valence-corrected chi connectivity index (χ1v) is 10.1. The summed E-state index contributed by atoms with van der Waals surface area (Å²) >= 11 is 0. The first kappa shape index (κ1) is 17.4. The number of nitrogens with one attached hydrogen (secondary N) is 1. The second-order valence-corrected chi connectivity index (χ2v) is 7.79. The van der Waals surface area contributed by atoms with Gasteiger partial charge in [0.1, 0.15) is 17.3 Å². The van der Waals surface area contributed by atoms with E-state index in [9.17, 15) is 0 Å². The maximum Gasteiger partial charge on any atom is 0.126 e. The van der Waals surface area contributed by atoms with E-state index in [1.807, 2.05) is 19.2 Å². The fourth-order valence-corrected chi connectivity index (χ4v) is 4.69. The normalized spacial score (nSPS) is 20.2. The van der Waals surface area contributed by atoms with E-state index in [0.717, 1.165) is 34.2 Å². The van der Waals surface area contributed by atoms with Crippen LogP contribution in [0, 0.1) is 6.92 Å². The molecule has 0 amide bonds. The summed E-state index contributed by atoms with van der Waals surface area (Å²) in [5, 5.41) is 12.3. The monoisotopic (exact) mass is 375 g/mol. The Balaban J connectivity index is 1.70. The van der Waals surface area contributed by atoms with Crippen LogP contribution < -0.4 is 5.32 Å². The highest BCUT2D eigenvalue weighted by Crippen LogP contribution is 2.49. The lowest BCUT2D eigenvalue weighted by Gasteiger charge is -2.38. The topological polar surface area (TPSA) is 75.9 Å². The second-order valence-electron chi connectivity index (χ2n) is 7.79. The van der Waals surface area contributed by atoms with Gasteiger partial charge in [-0.05, 0) is 56.9 Å². The van der Waals surface area contributed by atoms with Gasteiger partial charge in [-0.2, -0.15) is 0 Å². The summed E-state index contributed by atoms with van der Waals surface area (Å²) in [7, 11) is 0. The van der Waals surface area contributed by atoms with Gasteiger partial charge >= 0.3 is 0 Å². The van der Waals surface area contributed by atoms with E-state index < -0.39 is 0 Å². The van der Waals surface area contributed by atoms with Gasteiger partial charge in [0.15, 0.2) is 0 Å². The molecule has 6 nitrogen and oxygen atoms in total. The number of pyridine rings is 2. The largest absolute Gasteiger partial charge is 0.395 e. The Labute approximate surface area is 164 Å². The molecule has 6 rings (SSSR count). The number of aliphatic hydroxyl groups excluding tert-OH is 1. The molecule has 28 heavy (non-hydrogen) atoms. The molecule has 0 aromatic carbocycles. The maximum absolute atomic E-state index is 9.12. The third-order valence-electron chi connectivity index (χ3n) is 5.95. The number of nitrogens with zero attached hydrogens (tertiary/aromatic N) is 4. The zero-order chi connectivity index (χ0) is 19.1. The van der Waals surface area contributed by atoms with Crippen LogP contribution in [-0.4, -0.2) is 37.8 Å². The molecular weight excluding hydrogens is 350 g/mol. The van der Waals surface area contributed by atoms with Crippen molar-refractivity contribution in [1.82, 2.24) is 19.5 Å². The molecule has 3 aromatic rings. The van der Waals surface area contributed by atoms with Crippen molar-refractivity contribution in [2.24, 2.45) is 0 Å². The number of fused-ring (bicyclic) bond motifs is 2. The van der Waals surface area contributed by atoms with Crippen LogP contribution in [-0.2, 0) is 0 Å². The zero-order valence-electron chi connectivity index (χ0n) is 16.1. The van der Waals surface area contributed by atoms with Gasteiger partial charge in [-0.3, -0.25) is 4.98 Å². The van der Waals surface area contributed by atoms with Crippen molar-refractivity contribution in [1.29, 1.82) is 0 Å². The van der Waals surface area contributed by atoms with Crippen LogP contribution in [0.15, 0.2) is 36.5 Å². The van der Waals surface area contributed by atoms with Gasteiger partial charge in [0, 0.05) is 36.0 Å².